The van der Waals surface area contributed by atoms with Gasteiger partial charge in [0.1, 0.15) is 5.69 Å². The monoisotopic (exact) mass is 249 g/mol. The average Bonchev–Trinajstić information content (AvgIpc) is 2.60. The van der Waals surface area contributed by atoms with Gasteiger partial charge in [-0.2, -0.15) is 0 Å². The molecule has 2 heterocycles. The zero-order chi connectivity index (χ0) is 13.1. The summed E-state index contributed by atoms with van der Waals surface area (Å²) in [7, 11) is 3.34. The second kappa shape index (κ2) is 5.24. The van der Waals surface area contributed by atoms with Crippen LogP contribution < -0.4 is 5.32 Å². The van der Waals surface area contributed by atoms with Gasteiger partial charge in [-0.1, -0.05) is 0 Å². The van der Waals surface area contributed by atoms with Crippen molar-refractivity contribution in [3.8, 4) is 0 Å². The third-order valence-corrected chi connectivity index (χ3v) is 2.76. The fraction of sp³-hybridized carbons (Fsp3) is 0.417. The van der Waals surface area contributed by atoms with Crippen molar-refractivity contribution in [2.45, 2.75) is 6.61 Å². The minimum atomic E-state index is -0.325. The molecule has 6 nitrogen and oxygen atoms in total. The Labute approximate surface area is 105 Å². The molecule has 0 radical (unpaired) electrons. The molecule has 0 aromatic carbocycles. The summed E-state index contributed by atoms with van der Waals surface area (Å²) in [4.78, 5) is 29.3. The lowest BCUT2D eigenvalue weighted by molar-refractivity contribution is 0.0654. The number of amides is 2. The van der Waals surface area contributed by atoms with E-state index in [1.54, 1.807) is 26.4 Å². The molecule has 2 amide bonds. The molecule has 0 saturated carbocycles. The summed E-state index contributed by atoms with van der Waals surface area (Å²) in [5.74, 6) is -0.607. The fourth-order valence-corrected chi connectivity index (χ4v) is 1.88. The molecule has 18 heavy (non-hydrogen) atoms. The second-order valence-electron chi connectivity index (χ2n) is 4.04. The molecule has 0 spiro atoms. The highest BCUT2D eigenvalue weighted by Crippen LogP contribution is 2.21. The number of ether oxygens (including phenoxy) is 1. The number of aromatic nitrogens is 1. The minimum Gasteiger partial charge on any atom is -0.380 e. The van der Waals surface area contributed by atoms with E-state index in [-0.39, 0.29) is 17.5 Å². The largest absolute Gasteiger partial charge is 0.380 e. The summed E-state index contributed by atoms with van der Waals surface area (Å²) in [6.45, 7) is 1.29. The van der Waals surface area contributed by atoms with Gasteiger partial charge in [-0.15, -0.1) is 0 Å². The molecular weight excluding hydrogens is 234 g/mol. The molecular formula is C12H15N3O3. The highest BCUT2D eigenvalue weighted by Gasteiger charge is 2.36. The Balaban J connectivity index is 2.27. The smallest absolute Gasteiger partial charge is 0.280 e. The number of carbonyl (C=O) groups is 2. The lowest BCUT2D eigenvalue weighted by Gasteiger charge is -2.12. The van der Waals surface area contributed by atoms with Gasteiger partial charge in [0, 0.05) is 26.4 Å². The van der Waals surface area contributed by atoms with E-state index in [0.717, 1.165) is 5.56 Å². The van der Waals surface area contributed by atoms with Gasteiger partial charge in [0.05, 0.1) is 12.2 Å². The molecule has 1 aliphatic heterocycles. The Morgan fingerprint density at radius 3 is 2.83 bits per heavy atom. The Morgan fingerprint density at radius 2 is 2.17 bits per heavy atom. The summed E-state index contributed by atoms with van der Waals surface area (Å²) in [5, 5.41) is 2.91. The molecule has 0 aliphatic carbocycles. The van der Waals surface area contributed by atoms with Gasteiger partial charge < -0.3 is 10.1 Å². The van der Waals surface area contributed by atoms with Crippen LogP contribution in [0.4, 0.5) is 0 Å². The Kier molecular flexibility index (Phi) is 3.69. The number of nitrogens with zero attached hydrogens (tertiary/aromatic N) is 2. The van der Waals surface area contributed by atoms with Crippen LogP contribution in [0.3, 0.4) is 0 Å². The number of hydrogen-bond acceptors (Lipinski definition) is 5. The van der Waals surface area contributed by atoms with Gasteiger partial charge in [0.25, 0.3) is 11.8 Å². The third kappa shape index (κ3) is 2.12. The van der Waals surface area contributed by atoms with Crippen LogP contribution in [0.2, 0.25) is 0 Å². The molecule has 96 valence electrons. The first-order chi connectivity index (χ1) is 8.69. The first-order valence-electron chi connectivity index (χ1n) is 5.67. The normalized spacial score (nSPS) is 14.2. The Bertz CT molecular complexity index is 487. The average molecular weight is 249 g/mol. The number of pyridine rings is 1. The number of rotatable bonds is 5. The number of nitrogens with one attached hydrogen (secondary N) is 1. The second-order valence-corrected chi connectivity index (χ2v) is 4.04. The van der Waals surface area contributed by atoms with Crippen LogP contribution in [0, 0.1) is 0 Å². The first kappa shape index (κ1) is 12.7. The van der Waals surface area contributed by atoms with E-state index in [9.17, 15) is 9.59 Å². The molecule has 1 N–H and O–H groups in total. The van der Waals surface area contributed by atoms with E-state index in [4.69, 9.17) is 4.74 Å². The molecule has 0 bridgehead atoms. The van der Waals surface area contributed by atoms with Crippen molar-refractivity contribution >= 4 is 11.8 Å². The lowest BCUT2D eigenvalue weighted by atomic mass is 10.1. The van der Waals surface area contributed by atoms with Crippen LogP contribution in [-0.4, -0.2) is 48.9 Å². The number of fused-ring (bicyclic) bond motifs is 1. The standard InChI is InChI=1S/C12H15N3O3/c1-13-3-4-15-11(16)9-5-8(7-18-2)6-14-10(9)12(15)17/h5-6,13H,3-4,7H2,1-2H3. The molecule has 2 rings (SSSR count). The van der Waals surface area contributed by atoms with Crippen molar-refractivity contribution in [2.24, 2.45) is 0 Å². The zero-order valence-corrected chi connectivity index (χ0v) is 10.4. The van der Waals surface area contributed by atoms with Gasteiger partial charge in [-0.3, -0.25) is 14.5 Å². The van der Waals surface area contributed by atoms with Crippen molar-refractivity contribution in [1.29, 1.82) is 0 Å². The van der Waals surface area contributed by atoms with Crippen LogP contribution in [0.5, 0.6) is 0 Å². The van der Waals surface area contributed by atoms with Gasteiger partial charge in [0.2, 0.25) is 0 Å². The number of likely N-dealkylation sites (N-methyl/N-ethyl adjacent to an activating group) is 1. The number of imide groups is 1. The maximum atomic E-state index is 12.1. The van der Waals surface area contributed by atoms with Crippen molar-refractivity contribution in [3.05, 3.63) is 29.1 Å². The number of methoxy groups -OCH3 is 1. The summed E-state index contributed by atoms with van der Waals surface area (Å²) in [5.41, 5.74) is 1.38. The predicted octanol–water partition coefficient (Wildman–Crippen LogP) is 0.0434. The summed E-state index contributed by atoms with van der Waals surface area (Å²) >= 11 is 0. The Hall–Kier alpha value is -1.79. The van der Waals surface area contributed by atoms with E-state index in [1.807, 2.05) is 0 Å². The molecule has 1 aromatic rings. The summed E-state index contributed by atoms with van der Waals surface area (Å²) < 4.78 is 4.98. The molecule has 6 heteroatoms. The van der Waals surface area contributed by atoms with E-state index >= 15 is 0 Å². The van der Waals surface area contributed by atoms with Crippen LogP contribution in [0.15, 0.2) is 12.3 Å². The van der Waals surface area contributed by atoms with E-state index in [2.05, 4.69) is 10.3 Å². The van der Waals surface area contributed by atoms with Gasteiger partial charge >= 0.3 is 0 Å². The maximum absolute atomic E-state index is 12.1. The van der Waals surface area contributed by atoms with E-state index in [0.29, 0.717) is 25.3 Å². The zero-order valence-electron chi connectivity index (χ0n) is 10.4. The van der Waals surface area contributed by atoms with Gasteiger partial charge in [-0.05, 0) is 18.7 Å². The molecule has 0 unspecified atom stereocenters. The molecule has 0 fully saturated rings. The van der Waals surface area contributed by atoms with Crippen molar-refractivity contribution in [1.82, 2.24) is 15.2 Å². The number of carbonyl (C=O) groups excluding carboxylic acids is 2. The van der Waals surface area contributed by atoms with Crippen LogP contribution in [-0.2, 0) is 11.3 Å². The SMILES string of the molecule is CNCCN1C(=O)c2cc(COC)cnc2C1=O. The third-order valence-electron chi connectivity index (χ3n) is 2.76. The number of hydrogen-bond donors (Lipinski definition) is 1. The molecule has 1 aliphatic rings. The van der Waals surface area contributed by atoms with Crippen LogP contribution >= 0.6 is 0 Å². The van der Waals surface area contributed by atoms with E-state index in [1.165, 1.54) is 4.90 Å². The molecule has 1 aromatic heterocycles. The van der Waals surface area contributed by atoms with Gasteiger partial charge in [-0.25, -0.2) is 4.98 Å². The van der Waals surface area contributed by atoms with Crippen molar-refractivity contribution in [3.63, 3.8) is 0 Å². The first-order valence-corrected chi connectivity index (χ1v) is 5.67. The maximum Gasteiger partial charge on any atom is 0.280 e. The summed E-state index contributed by atoms with van der Waals surface area (Å²) in [6, 6.07) is 1.67. The van der Waals surface area contributed by atoms with Crippen LogP contribution in [0.25, 0.3) is 0 Å². The quantitative estimate of drug-likeness (QED) is 0.746. The lowest BCUT2D eigenvalue weighted by Crippen LogP contribution is -2.35. The van der Waals surface area contributed by atoms with Crippen molar-refractivity contribution in [2.75, 3.05) is 27.2 Å². The highest BCUT2D eigenvalue weighted by atomic mass is 16.5. The van der Waals surface area contributed by atoms with Gasteiger partial charge in [0.15, 0.2) is 0 Å². The minimum absolute atomic E-state index is 0.232. The Morgan fingerprint density at radius 1 is 1.39 bits per heavy atom. The molecule has 0 atom stereocenters. The van der Waals surface area contributed by atoms with E-state index < -0.39 is 0 Å². The summed E-state index contributed by atoms with van der Waals surface area (Å²) in [6.07, 6.45) is 1.56. The predicted molar refractivity (Wildman–Crippen MR) is 64.2 cm³/mol. The highest BCUT2D eigenvalue weighted by molar-refractivity contribution is 6.20. The molecule has 0 saturated heterocycles. The van der Waals surface area contributed by atoms with Crippen molar-refractivity contribution < 1.29 is 14.3 Å². The topological polar surface area (TPSA) is 71.5 Å². The fourth-order valence-electron chi connectivity index (χ4n) is 1.88. The van der Waals surface area contributed by atoms with Crippen LogP contribution in [0.1, 0.15) is 26.4 Å².